The molecule has 1 amide bonds. The van der Waals surface area contributed by atoms with E-state index in [1.807, 2.05) is 33.7 Å². The number of carbonyl (C=O) groups is 1. The molecule has 0 spiro atoms. The lowest BCUT2D eigenvalue weighted by molar-refractivity contribution is -0.140. The van der Waals surface area contributed by atoms with Crippen molar-refractivity contribution in [3.63, 3.8) is 0 Å². The number of likely N-dealkylation sites (tertiary alicyclic amines) is 1. The molecule has 2 fully saturated rings. The molecule has 2 saturated heterocycles. The number of hydrogen-bond acceptors (Lipinski definition) is 4. The van der Waals surface area contributed by atoms with Crippen molar-refractivity contribution in [2.24, 2.45) is 11.8 Å². The molecule has 4 heterocycles. The second kappa shape index (κ2) is 6.53. The fourth-order valence-corrected chi connectivity index (χ4v) is 3.83. The van der Waals surface area contributed by atoms with Gasteiger partial charge in [-0.3, -0.25) is 9.69 Å². The number of pyridine rings is 1. The van der Waals surface area contributed by atoms with Gasteiger partial charge in [-0.25, -0.2) is 4.98 Å². The molecule has 2 aromatic rings. The zero-order valence-electron chi connectivity index (χ0n) is 14.1. The van der Waals surface area contributed by atoms with Crippen molar-refractivity contribution in [3.8, 4) is 0 Å². The van der Waals surface area contributed by atoms with Crippen LogP contribution in [0.5, 0.6) is 0 Å². The predicted octanol–water partition coefficient (Wildman–Crippen LogP) is 1.26. The van der Waals surface area contributed by atoms with E-state index < -0.39 is 0 Å². The van der Waals surface area contributed by atoms with E-state index in [2.05, 4.69) is 23.0 Å². The average Bonchev–Trinajstić information content (AvgIpc) is 3.17. The summed E-state index contributed by atoms with van der Waals surface area (Å²) in [6.07, 6.45) is 4.10. The summed E-state index contributed by atoms with van der Waals surface area (Å²) in [7, 11) is 0. The van der Waals surface area contributed by atoms with Crippen molar-refractivity contribution in [2.75, 3.05) is 39.4 Å². The van der Waals surface area contributed by atoms with E-state index in [1.165, 1.54) is 0 Å². The topological polar surface area (TPSA) is 50.1 Å². The van der Waals surface area contributed by atoms with Gasteiger partial charge >= 0.3 is 0 Å². The van der Waals surface area contributed by atoms with Gasteiger partial charge in [0.15, 0.2) is 0 Å². The highest BCUT2D eigenvalue weighted by Crippen LogP contribution is 2.26. The molecule has 0 radical (unpaired) electrons. The minimum atomic E-state index is 0.0973. The predicted molar refractivity (Wildman–Crippen MR) is 90.5 cm³/mol. The summed E-state index contributed by atoms with van der Waals surface area (Å²) >= 11 is 0. The van der Waals surface area contributed by atoms with Gasteiger partial charge in [-0.1, -0.05) is 13.0 Å². The van der Waals surface area contributed by atoms with Crippen LogP contribution in [0.25, 0.3) is 5.65 Å². The Morgan fingerprint density at radius 2 is 2.12 bits per heavy atom. The van der Waals surface area contributed by atoms with Gasteiger partial charge in [-0.2, -0.15) is 0 Å². The van der Waals surface area contributed by atoms with E-state index in [4.69, 9.17) is 4.74 Å². The summed E-state index contributed by atoms with van der Waals surface area (Å²) in [5.74, 6) is 0.779. The number of rotatable bonds is 3. The molecule has 0 saturated carbocycles. The van der Waals surface area contributed by atoms with E-state index in [9.17, 15) is 4.79 Å². The van der Waals surface area contributed by atoms with Gasteiger partial charge in [0.1, 0.15) is 5.65 Å². The third-order valence-corrected chi connectivity index (χ3v) is 5.13. The maximum Gasteiger partial charge on any atom is 0.227 e. The molecule has 4 rings (SSSR count). The number of morpholine rings is 1. The Morgan fingerprint density at radius 1 is 1.29 bits per heavy atom. The van der Waals surface area contributed by atoms with Crippen molar-refractivity contribution in [3.05, 3.63) is 36.3 Å². The van der Waals surface area contributed by atoms with E-state index in [0.29, 0.717) is 25.0 Å². The maximum atomic E-state index is 12.8. The first-order valence-corrected chi connectivity index (χ1v) is 8.72. The van der Waals surface area contributed by atoms with Crippen molar-refractivity contribution in [1.29, 1.82) is 0 Å². The van der Waals surface area contributed by atoms with Gasteiger partial charge in [0.2, 0.25) is 5.91 Å². The lowest BCUT2D eigenvalue weighted by Crippen LogP contribution is -2.45. The Bertz CT molecular complexity index is 690. The Morgan fingerprint density at radius 3 is 2.92 bits per heavy atom. The van der Waals surface area contributed by atoms with Crippen LogP contribution in [-0.2, 0) is 16.1 Å². The van der Waals surface area contributed by atoms with Crippen LogP contribution in [0.4, 0.5) is 0 Å². The van der Waals surface area contributed by atoms with Crippen molar-refractivity contribution >= 4 is 11.6 Å². The van der Waals surface area contributed by atoms with Gasteiger partial charge in [-0.05, 0) is 18.1 Å². The molecule has 2 aliphatic heterocycles. The SMILES string of the molecule is C[C@@H]1CN(Cc2cn3ccccc3n2)C[C@H]1C(=O)N1CCOCC1. The molecule has 2 atom stereocenters. The average molecular weight is 328 g/mol. The highest BCUT2D eigenvalue weighted by atomic mass is 16.5. The molecule has 0 bridgehead atoms. The van der Waals surface area contributed by atoms with E-state index in [1.54, 1.807) is 0 Å². The molecular weight excluding hydrogens is 304 g/mol. The Labute approximate surface area is 142 Å². The molecule has 0 unspecified atom stereocenters. The number of ether oxygens (including phenoxy) is 1. The van der Waals surface area contributed by atoms with Gasteiger partial charge in [0, 0.05) is 45.1 Å². The molecule has 0 aliphatic carbocycles. The third-order valence-electron chi connectivity index (χ3n) is 5.13. The molecule has 2 aromatic heterocycles. The van der Waals surface area contributed by atoms with Gasteiger partial charge in [0.05, 0.1) is 24.8 Å². The summed E-state index contributed by atoms with van der Waals surface area (Å²) < 4.78 is 7.40. The van der Waals surface area contributed by atoms with Crippen LogP contribution >= 0.6 is 0 Å². The van der Waals surface area contributed by atoms with Crippen molar-refractivity contribution < 1.29 is 9.53 Å². The first-order chi connectivity index (χ1) is 11.7. The molecular formula is C18H24N4O2. The molecule has 2 aliphatic rings. The standard InChI is InChI=1S/C18H24N4O2/c1-14-10-20(11-15-12-22-5-3-2-4-17(22)19-15)13-16(14)18(23)21-6-8-24-9-7-21/h2-5,12,14,16H,6-11,13H2,1H3/t14-,16-/m1/s1. The largest absolute Gasteiger partial charge is 0.378 e. The van der Waals surface area contributed by atoms with Crippen LogP contribution in [0.3, 0.4) is 0 Å². The fourth-order valence-electron chi connectivity index (χ4n) is 3.83. The summed E-state index contributed by atoms with van der Waals surface area (Å²) in [5.41, 5.74) is 2.04. The number of carbonyl (C=O) groups excluding carboxylic acids is 1. The van der Waals surface area contributed by atoms with E-state index in [0.717, 1.165) is 44.1 Å². The zero-order valence-corrected chi connectivity index (χ0v) is 14.1. The minimum absolute atomic E-state index is 0.0973. The lowest BCUT2D eigenvalue weighted by Gasteiger charge is -2.30. The first kappa shape index (κ1) is 15.6. The van der Waals surface area contributed by atoms with Crippen molar-refractivity contribution in [2.45, 2.75) is 13.5 Å². The number of fused-ring (bicyclic) bond motifs is 1. The van der Waals surface area contributed by atoms with Gasteiger partial charge in [0.25, 0.3) is 0 Å². The lowest BCUT2D eigenvalue weighted by atomic mass is 9.96. The highest BCUT2D eigenvalue weighted by Gasteiger charge is 2.37. The molecule has 24 heavy (non-hydrogen) atoms. The van der Waals surface area contributed by atoms with Crippen LogP contribution in [0, 0.1) is 11.8 Å². The maximum absolute atomic E-state index is 12.8. The number of hydrogen-bond donors (Lipinski definition) is 0. The van der Waals surface area contributed by atoms with Crippen LogP contribution in [0.1, 0.15) is 12.6 Å². The quantitative estimate of drug-likeness (QED) is 0.851. The number of nitrogens with zero attached hydrogens (tertiary/aromatic N) is 4. The van der Waals surface area contributed by atoms with E-state index in [-0.39, 0.29) is 5.92 Å². The molecule has 6 nitrogen and oxygen atoms in total. The molecule has 128 valence electrons. The van der Waals surface area contributed by atoms with Crippen LogP contribution < -0.4 is 0 Å². The summed E-state index contributed by atoms with van der Waals surface area (Å²) in [6.45, 7) is 7.56. The monoisotopic (exact) mass is 328 g/mol. The number of imidazole rings is 1. The number of aromatic nitrogens is 2. The Kier molecular flexibility index (Phi) is 4.24. The van der Waals surface area contributed by atoms with Gasteiger partial charge < -0.3 is 14.0 Å². The second-order valence-corrected chi connectivity index (χ2v) is 6.91. The van der Waals surface area contributed by atoms with Crippen LogP contribution in [0.2, 0.25) is 0 Å². The third kappa shape index (κ3) is 3.03. The molecule has 0 aromatic carbocycles. The summed E-state index contributed by atoms with van der Waals surface area (Å²) in [4.78, 5) is 21.8. The first-order valence-electron chi connectivity index (χ1n) is 8.72. The minimum Gasteiger partial charge on any atom is -0.378 e. The molecule has 0 N–H and O–H groups in total. The van der Waals surface area contributed by atoms with Crippen molar-refractivity contribution in [1.82, 2.24) is 19.2 Å². The smallest absolute Gasteiger partial charge is 0.227 e. The fraction of sp³-hybridized carbons (Fsp3) is 0.556. The zero-order chi connectivity index (χ0) is 16.5. The Balaban J connectivity index is 1.41. The van der Waals surface area contributed by atoms with E-state index >= 15 is 0 Å². The Hall–Kier alpha value is -1.92. The second-order valence-electron chi connectivity index (χ2n) is 6.91. The van der Waals surface area contributed by atoms with Gasteiger partial charge in [-0.15, -0.1) is 0 Å². The summed E-state index contributed by atoms with van der Waals surface area (Å²) in [6, 6.07) is 6.02. The van der Waals surface area contributed by atoms with Crippen LogP contribution in [0.15, 0.2) is 30.6 Å². The van der Waals surface area contributed by atoms with Crippen LogP contribution in [-0.4, -0.2) is 64.5 Å². The highest BCUT2D eigenvalue weighted by molar-refractivity contribution is 5.79. The summed E-state index contributed by atoms with van der Waals surface area (Å²) in [5, 5.41) is 0. The number of amides is 1. The molecule has 6 heteroatoms. The normalized spacial score (nSPS) is 25.5.